The third kappa shape index (κ3) is 2.63. The topological polar surface area (TPSA) is 25.8 Å². The lowest BCUT2D eigenvalue weighted by Gasteiger charge is -2.02. The molecule has 0 unspecified atom stereocenters. The van der Waals surface area contributed by atoms with E-state index in [-0.39, 0.29) is 0 Å². The van der Waals surface area contributed by atoms with Crippen molar-refractivity contribution >= 4 is 27.5 Å². The first-order valence-corrected chi connectivity index (χ1v) is 6.26. The third-order valence-electron chi connectivity index (χ3n) is 2.38. The van der Waals surface area contributed by atoms with Gasteiger partial charge in [0.05, 0.1) is 0 Å². The van der Waals surface area contributed by atoms with E-state index in [1.54, 1.807) is 0 Å². The summed E-state index contributed by atoms with van der Waals surface area (Å²) in [7, 11) is 0. The minimum atomic E-state index is 0.809. The maximum absolute atomic E-state index is 4.28. The molecule has 2 aromatic rings. The summed E-state index contributed by atoms with van der Waals surface area (Å²) in [5.41, 5.74) is 3.91. The molecule has 0 radical (unpaired) electrons. The first kappa shape index (κ1) is 10.8. The SMILES string of the molecule is Cc1ccc(Cc2nsc(Br)n2)cc1C. The lowest BCUT2D eigenvalue weighted by atomic mass is 10.0. The zero-order chi connectivity index (χ0) is 10.8. The number of benzene rings is 1. The molecular weight excluding hydrogens is 272 g/mol. The number of halogens is 1. The third-order valence-corrected chi connectivity index (χ3v) is 3.53. The Labute approximate surface area is 102 Å². The van der Waals surface area contributed by atoms with E-state index in [0.717, 1.165) is 16.2 Å². The smallest absolute Gasteiger partial charge is 0.179 e. The van der Waals surface area contributed by atoms with Gasteiger partial charge in [0.1, 0.15) is 5.82 Å². The predicted molar refractivity (Wildman–Crippen MR) is 66.3 cm³/mol. The molecule has 0 saturated carbocycles. The molecule has 2 rings (SSSR count). The van der Waals surface area contributed by atoms with Crippen LogP contribution in [0.5, 0.6) is 0 Å². The number of nitrogens with zero attached hydrogens (tertiary/aromatic N) is 2. The molecule has 1 heterocycles. The Balaban J connectivity index is 2.21. The van der Waals surface area contributed by atoms with Crippen molar-refractivity contribution in [1.82, 2.24) is 9.36 Å². The summed E-state index contributed by atoms with van der Waals surface area (Å²) in [5, 5.41) is 0. The van der Waals surface area contributed by atoms with Gasteiger partial charge in [0.2, 0.25) is 0 Å². The highest BCUT2D eigenvalue weighted by Crippen LogP contribution is 2.16. The summed E-state index contributed by atoms with van der Waals surface area (Å²) in [5.74, 6) is 0.884. The van der Waals surface area contributed by atoms with Gasteiger partial charge in [0.25, 0.3) is 0 Å². The van der Waals surface area contributed by atoms with Crippen LogP contribution in [0.4, 0.5) is 0 Å². The van der Waals surface area contributed by atoms with Crippen LogP contribution in [0.3, 0.4) is 0 Å². The average Bonchev–Trinajstić information content (AvgIpc) is 2.58. The Hall–Kier alpha value is -0.740. The maximum Gasteiger partial charge on any atom is 0.179 e. The molecular formula is C11H11BrN2S. The number of aromatic nitrogens is 2. The van der Waals surface area contributed by atoms with Gasteiger partial charge in [-0.3, -0.25) is 0 Å². The van der Waals surface area contributed by atoms with Crippen molar-refractivity contribution < 1.29 is 0 Å². The molecule has 0 saturated heterocycles. The second-order valence-electron chi connectivity index (χ2n) is 3.56. The Morgan fingerprint density at radius 1 is 1.27 bits per heavy atom. The minimum absolute atomic E-state index is 0.809. The first-order valence-electron chi connectivity index (χ1n) is 4.69. The van der Waals surface area contributed by atoms with Gasteiger partial charge in [0.15, 0.2) is 3.92 Å². The molecule has 1 aromatic carbocycles. The van der Waals surface area contributed by atoms with E-state index in [0.29, 0.717) is 0 Å². The summed E-state index contributed by atoms with van der Waals surface area (Å²) in [6.07, 6.45) is 0.809. The molecule has 0 N–H and O–H groups in total. The lowest BCUT2D eigenvalue weighted by Crippen LogP contribution is -1.92. The van der Waals surface area contributed by atoms with Crippen LogP contribution in [0, 0.1) is 13.8 Å². The molecule has 1 aromatic heterocycles. The fourth-order valence-corrected chi connectivity index (χ4v) is 2.25. The molecule has 78 valence electrons. The van der Waals surface area contributed by atoms with E-state index < -0.39 is 0 Å². The van der Waals surface area contributed by atoms with Gasteiger partial charge < -0.3 is 0 Å². The van der Waals surface area contributed by atoms with Crippen LogP contribution in [-0.2, 0) is 6.42 Å². The van der Waals surface area contributed by atoms with E-state index in [9.17, 15) is 0 Å². The number of aryl methyl sites for hydroxylation is 2. The van der Waals surface area contributed by atoms with Crippen molar-refractivity contribution in [1.29, 1.82) is 0 Å². The van der Waals surface area contributed by atoms with E-state index in [1.807, 2.05) is 0 Å². The molecule has 4 heteroatoms. The van der Waals surface area contributed by atoms with Crippen molar-refractivity contribution in [2.24, 2.45) is 0 Å². The van der Waals surface area contributed by atoms with Crippen molar-refractivity contribution in [3.8, 4) is 0 Å². The van der Waals surface area contributed by atoms with E-state index in [4.69, 9.17) is 0 Å². The second kappa shape index (κ2) is 4.41. The largest absolute Gasteiger partial charge is 0.212 e. The lowest BCUT2D eigenvalue weighted by molar-refractivity contribution is 1.02. The summed E-state index contributed by atoms with van der Waals surface area (Å²) in [4.78, 5) is 4.28. The number of hydrogen-bond acceptors (Lipinski definition) is 3. The van der Waals surface area contributed by atoms with E-state index in [1.165, 1.54) is 28.2 Å². The van der Waals surface area contributed by atoms with E-state index >= 15 is 0 Å². The highest BCUT2D eigenvalue weighted by Gasteiger charge is 2.03. The van der Waals surface area contributed by atoms with Gasteiger partial charge in [-0.05, 0) is 58.0 Å². The molecule has 0 atom stereocenters. The van der Waals surface area contributed by atoms with Crippen LogP contribution < -0.4 is 0 Å². The second-order valence-corrected chi connectivity index (χ2v) is 5.59. The van der Waals surface area contributed by atoms with Crippen LogP contribution in [0.1, 0.15) is 22.5 Å². The van der Waals surface area contributed by atoms with Crippen LogP contribution in [0.25, 0.3) is 0 Å². The Bertz CT molecular complexity index is 479. The summed E-state index contributed by atoms with van der Waals surface area (Å²) >= 11 is 4.70. The van der Waals surface area contributed by atoms with Gasteiger partial charge in [-0.2, -0.15) is 4.37 Å². The van der Waals surface area contributed by atoms with Crippen LogP contribution in [0.15, 0.2) is 22.1 Å². The fraction of sp³-hybridized carbons (Fsp3) is 0.273. The van der Waals surface area contributed by atoms with E-state index in [2.05, 4.69) is 57.3 Å². The van der Waals surface area contributed by atoms with Gasteiger partial charge in [-0.15, -0.1) is 0 Å². The zero-order valence-corrected chi connectivity index (χ0v) is 11.0. The van der Waals surface area contributed by atoms with Gasteiger partial charge in [-0.1, -0.05) is 18.2 Å². The standard InChI is InChI=1S/C11H11BrN2S/c1-7-3-4-9(5-8(7)2)6-10-13-11(12)15-14-10/h3-5H,6H2,1-2H3. The zero-order valence-electron chi connectivity index (χ0n) is 8.62. The first-order chi connectivity index (χ1) is 7.15. The molecule has 0 aliphatic heterocycles. The van der Waals surface area contributed by atoms with Crippen molar-refractivity contribution in [3.05, 3.63) is 44.6 Å². The highest BCUT2D eigenvalue weighted by molar-refractivity contribution is 9.11. The average molecular weight is 283 g/mol. The maximum atomic E-state index is 4.28. The molecule has 0 spiro atoms. The van der Waals surface area contributed by atoms with Crippen molar-refractivity contribution in [3.63, 3.8) is 0 Å². The number of rotatable bonds is 2. The molecule has 0 bridgehead atoms. The quantitative estimate of drug-likeness (QED) is 0.843. The van der Waals surface area contributed by atoms with Gasteiger partial charge in [0, 0.05) is 6.42 Å². The van der Waals surface area contributed by atoms with Crippen LogP contribution >= 0.6 is 27.5 Å². The Kier molecular flexibility index (Phi) is 3.17. The van der Waals surface area contributed by atoms with Gasteiger partial charge in [-0.25, -0.2) is 4.98 Å². The van der Waals surface area contributed by atoms with Gasteiger partial charge >= 0.3 is 0 Å². The highest BCUT2D eigenvalue weighted by atomic mass is 79.9. The monoisotopic (exact) mass is 282 g/mol. The van der Waals surface area contributed by atoms with Crippen LogP contribution in [-0.4, -0.2) is 9.36 Å². The molecule has 0 aliphatic rings. The van der Waals surface area contributed by atoms with Crippen molar-refractivity contribution in [2.75, 3.05) is 0 Å². The minimum Gasteiger partial charge on any atom is -0.212 e. The normalized spacial score (nSPS) is 10.6. The molecule has 0 amide bonds. The summed E-state index contributed by atoms with van der Waals surface area (Å²) in [6.45, 7) is 4.25. The molecule has 0 aliphatic carbocycles. The summed E-state index contributed by atoms with van der Waals surface area (Å²) in [6, 6.07) is 6.48. The number of hydrogen-bond donors (Lipinski definition) is 0. The molecule has 15 heavy (non-hydrogen) atoms. The van der Waals surface area contributed by atoms with Crippen LogP contribution in [0.2, 0.25) is 0 Å². The van der Waals surface area contributed by atoms with Crippen molar-refractivity contribution in [2.45, 2.75) is 20.3 Å². The molecule has 0 fully saturated rings. The molecule has 2 nitrogen and oxygen atoms in total. The Morgan fingerprint density at radius 2 is 2.07 bits per heavy atom. The predicted octanol–water partition coefficient (Wildman–Crippen LogP) is 3.51. The fourth-order valence-electron chi connectivity index (χ4n) is 1.40. The Morgan fingerprint density at radius 3 is 2.67 bits per heavy atom. The summed E-state index contributed by atoms with van der Waals surface area (Å²) < 4.78 is 5.10.